The molecule has 1 aromatic rings. The van der Waals surface area contributed by atoms with E-state index in [1.807, 2.05) is 0 Å². The van der Waals surface area contributed by atoms with Crippen LogP contribution in [0.25, 0.3) is 0 Å². The fraction of sp³-hybridized carbons (Fsp3) is 0.368. The number of rotatable bonds is 6. The summed E-state index contributed by atoms with van der Waals surface area (Å²) in [4.78, 5) is 48.0. The highest BCUT2D eigenvalue weighted by Gasteiger charge is 2.62. The molecule has 2 atom stereocenters. The van der Waals surface area contributed by atoms with Crippen molar-refractivity contribution < 1.29 is 33.4 Å². The molecule has 0 radical (unpaired) electrons. The Kier molecular flexibility index (Phi) is 5.09. The molecular formula is C19H19NO7. The fourth-order valence-electron chi connectivity index (χ4n) is 2.72. The summed E-state index contributed by atoms with van der Waals surface area (Å²) in [6.07, 6.45) is 2.87. The lowest BCUT2D eigenvalue weighted by atomic mass is 10.0. The Hall–Kier alpha value is -3.00. The van der Waals surface area contributed by atoms with Crippen molar-refractivity contribution in [1.82, 2.24) is 5.32 Å². The molecule has 0 bridgehead atoms. The minimum atomic E-state index is -1.08. The molecule has 8 nitrogen and oxygen atoms in total. The van der Waals surface area contributed by atoms with Crippen LogP contribution < -0.4 is 14.8 Å². The number of amides is 1. The zero-order valence-corrected chi connectivity index (χ0v) is 14.9. The van der Waals surface area contributed by atoms with Gasteiger partial charge in [-0.3, -0.25) is 19.2 Å². The number of carbonyl (C=O) groups excluding carboxylic acids is 4. The van der Waals surface area contributed by atoms with Gasteiger partial charge in [-0.25, -0.2) is 0 Å². The predicted octanol–water partition coefficient (Wildman–Crippen LogP) is 1.67. The first-order valence-corrected chi connectivity index (χ1v) is 8.65. The number of carbonyl (C=O) groups is 4. The number of benzene rings is 1. The van der Waals surface area contributed by atoms with Gasteiger partial charge in [0.15, 0.2) is 29.1 Å². The topological polar surface area (TPSA) is 111 Å². The molecule has 142 valence electrons. The van der Waals surface area contributed by atoms with Crippen LogP contribution in [-0.2, 0) is 19.1 Å². The van der Waals surface area contributed by atoms with E-state index in [0.717, 1.165) is 0 Å². The van der Waals surface area contributed by atoms with Gasteiger partial charge in [-0.15, -0.1) is 0 Å². The Bertz CT molecular complexity index is 844. The zero-order valence-electron chi connectivity index (χ0n) is 14.9. The molecule has 0 saturated carbocycles. The maximum Gasteiger partial charge on any atom is 0.311 e. The van der Waals surface area contributed by atoms with Gasteiger partial charge in [-0.2, -0.15) is 0 Å². The van der Waals surface area contributed by atoms with Gasteiger partial charge in [0, 0.05) is 19.3 Å². The smallest absolute Gasteiger partial charge is 0.311 e. The van der Waals surface area contributed by atoms with E-state index in [1.54, 1.807) is 19.9 Å². The summed E-state index contributed by atoms with van der Waals surface area (Å²) < 4.78 is 15.8. The van der Waals surface area contributed by atoms with E-state index in [9.17, 15) is 19.2 Å². The van der Waals surface area contributed by atoms with Crippen LogP contribution in [0.3, 0.4) is 0 Å². The minimum absolute atomic E-state index is 0.00355. The summed E-state index contributed by atoms with van der Waals surface area (Å²) in [5, 5.41) is 2.68. The van der Waals surface area contributed by atoms with Crippen molar-refractivity contribution in [2.75, 3.05) is 0 Å². The second-order valence-electron chi connectivity index (χ2n) is 6.14. The number of para-hydroxylation sites is 1. The average molecular weight is 373 g/mol. The van der Waals surface area contributed by atoms with Crippen molar-refractivity contribution in [3.8, 4) is 11.5 Å². The molecule has 3 rings (SSSR count). The fourth-order valence-corrected chi connectivity index (χ4v) is 2.72. The quantitative estimate of drug-likeness (QED) is 0.459. The first kappa shape index (κ1) is 18.8. The van der Waals surface area contributed by atoms with Crippen LogP contribution in [-0.4, -0.2) is 35.5 Å². The molecule has 0 aromatic heterocycles. The van der Waals surface area contributed by atoms with E-state index in [1.165, 1.54) is 24.3 Å². The van der Waals surface area contributed by atoms with Gasteiger partial charge in [0.1, 0.15) is 0 Å². The lowest BCUT2D eigenvalue weighted by Gasteiger charge is -2.18. The molecule has 2 unspecified atom stereocenters. The van der Waals surface area contributed by atoms with Crippen LogP contribution in [0, 0.1) is 0 Å². The van der Waals surface area contributed by atoms with Gasteiger partial charge in [0.2, 0.25) is 0 Å². The molecule has 27 heavy (non-hydrogen) atoms. The number of epoxide rings is 1. The average Bonchev–Trinajstić information content (AvgIpc) is 3.38. The van der Waals surface area contributed by atoms with Crippen LogP contribution >= 0.6 is 0 Å². The van der Waals surface area contributed by atoms with Crippen LogP contribution in [0.2, 0.25) is 0 Å². The second kappa shape index (κ2) is 7.32. The van der Waals surface area contributed by atoms with Gasteiger partial charge in [0.05, 0.1) is 5.56 Å². The third kappa shape index (κ3) is 3.75. The van der Waals surface area contributed by atoms with Crippen molar-refractivity contribution >= 4 is 23.6 Å². The molecular weight excluding hydrogens is 354 g/mol. The summed E-state index contributed by atoms with van der Waals surface area (Å²) in [6.45, 7) is 3.22. The highest BCUT2D eigenvalue weighted by Crippen LogP contribution is 2.42. The van der Waals surface area contributed by atoms with Crippen LogP contribution in [0.4, 0.5) is 0 Å². The standard InChI is InChI=1S/C19H19NO7/c1-3-14(22)25-13-9-5-7-11(16(13)26-15(23)4-2)18(24)20-19-10-6-8-12(21)17(19)27-19/h5-9,17H,3-4,10H2,1-2H3,(H,20,24). The molecule has 1 fully saturated rings. The van der Waals surface area contributed by atoms with Gasteiger partial charge in [0.25, 0.3) is 5.91 Å². The Balaban J connectivity index is 1.89. The predicted molar refractivity (Wildman–Crippen MR) is 92.1 cm³/mol. The Morgan fingerprint density at radius 3 is 2.59 bits per heavy atom. The Morgan fingerprint density at radius 2 is 1.89 bits per heavy atom. The molecule has 1 aromatic carbocycles. The summed E-state index contributed by atoms with van der Waals surface area (Å²) in [5.41, 5.74) is -1.07. The number of ether oxygens (including phenoxy) is 3. The van der Waals surface area contributed by atoms with E-state index >= 15 is 0 Å². The molecule has 0 spiro atoms. The number of hydrogen-bond acceptors (Lipinski definition) is 7. The van der Waals surface area contributed by atoms with E-state index < -0.39 is 29.7 Å². The van der Waals surface area contributed by atoms with E-state index in [2.05, 4.69) is 5.32 Å². The van der Waals surface area contributed by atoms with E-state index in [4.69, 9.17) is 14.2 Å². The van der Waals surface area contributed by atoms with Crippen molar-refractivity contribution in [3.63, 3.8) is 0 Å². The zero-order chi connectivity index (χ0) is 19.6. The number of esters is 2. The third-order valence-corrected chi connectivity index (χ3v) is 4.22. The number of hydrogen-bond donors (Lipinski definition) is 1. The molecule has 1 aliphatic heterocycles. The van der Waals surface area contributed by atoms with Gasteiger partial charge >= 0.3 is 11.9 Å². The van der Waals surface area contributed by atoms with E-state index in [-0.39, 0.29) is 35.7 Å². The van der Waals surface area contributed by atoms with Crippen molar-refractivity contribution in [3.05, 3.63) is 35.9 Å². The van der Waals surface area contributed by atoms with Gasteiger partial charge < -0.3 is 19.5 Å². The summed E-state index contributed by atoms with van der Waals surface area (Å²) in [6, 6.07) is 4.38. The monoisotopic (exact) mass is 373 g/mol. The molecule has 8 heteroatoms. The molecule has 2 aliphatic rings. The highest BCUT2D eigenvalue weighted by molar-refractivity contribution is 6.02. The summed E-state index contributed by atoms with van der Waals surface area (Å²) >= 11 is 0. The van der Waals surface area contributed by atoms with Crippen molar-refractivity contribution in [1.29, 1.82) is 0 Å². The van der Waals surface area contributed by atoms with Crippen molar-refractivity contribution in [2.24, 2.45) is 0 Å². The number of nitrogens with one attached hydrogen (secondary N) is 1. The number of ketones is 1. The molecule has 1 N–H and O–H groups in total. The lowest BCUT2D eigenvalue weighted by molar-refractivity contribution is -0.136. The first-order valence-electron chi connectivity index (χ1n) is 8.65. The second-order valence-corrected chi connectivity index (χ2v) is 6.14. The molecule has 1 aliphatic carbocycles. The minimum Gasteiger partial charge on any atom is -0.422 e. The molecule has 1 saturated heterocycles. The van der Waals surface area contributed by atoms with Crippen LogP contribution in [0.5, 0.6) is 11.5 Å². The third-order valence-electron chi connectivity index (χ3n) is 4.22. The Labute approximate surface area is 155 Å². The highest BCUT2D eigenvalue weighted by atomic mass is 16.6. The lowest BCUT2D eigenvalue weighted by Crippen LogP contribution is -2.42. The van der Waals surface area contributed by atoms with Crippen molar-refractivity contribution in [2.45, 2.75) is 44.9 Å². The maximum atomic E-state index is 12.8. The summed E-state index contributed by atoms with van der Waals surface area (Å²) in [7, 11) is 0. The van der Waals surface area contributed by atoms with Gasteiger partial charge in [-0.05, 0) is 18.2 Å². The summed E-state index contributed by atoms with van der Waals surface area (Å²) in [5.74, 6) is -2.11. The largest absolute Gasteiger partial charge is 0.422 e. The van der Waals surface area contributed by atoms with Crippen LogP contribution in [0.1, 0.15) is 43.5 Å². The normalized spacial score (nSPS) is 22.6. The number of fused-ring (bicyclic) bond motifs is 1. The first-order chi connectivity index (χ1) is 12.9. The van der Waals surface area contributed by atoms with Crippen LogP contribution in [0.15, 0.2) is 30.4 Å². The maximum absolute atomic E-state index is 12.8. The SMILES string of the molecule is CCC(=O)Oc1cccc(C(=O)NC23CC=CC(=O)C2O3)c1OC(=O)CC. The Morgan fingerprint density at radius 1 is 1.19 bits per heavy atom. The molecule has 1 amide bonds. The molecule has 1 heterocycles. The van der Waals surface area contributed by atoms with E-state index in [0.29, 0.717) is 6.42 Å². The van der Waals surface area contributed by atoms with Gasteiger partial charge in [-0.1, -0.05) is 26.0 Å².